The molecule has 2 fully saturated rings. The SMILES string of the molecule is CCc1ncnc(N2CCN(C(=O)NC3CCCCC3)CC2)c1F. The topological polar surface area (TPSA) is 61.4 Å². The predicted octanol–water partition coefficient (Wildman–Crippen LogP) is 2.34. The van der Waals surface area contributed by atoms with Gasteiger partial charge in [0.25, 0.3) is 0 Å². The summed E-state index contributed by atoms with van der Waals surface area (Å²) in [7, 11) is 0. The number of nitrogens with one attached hydrogen (secondary N) is 1. The first-order chi connectivity index (χ1) is 11.7. The third-order valence-corrected chi connectivity index (χ3v) is 4.98. The Morgan fingerprint density at radius 1 is 1.21 bits per heavy atom. The number of anilines is 1. The Hall–Kier alpha value is -1.92. The number of rotatable bonds is 3. The van der Waals surface area contributed by atoms with Crippen molar-refractivity contribution in [2.45, 2.75) is 51.5 Å². The molecule has 1 saturated heterocycles. The number of piperazine rings is 1. The van der Waals surface area contributed by atoms with E-state index in [1.165, 1.54) is 25.6 Å². The van der Waals surface area contributed by atoms with Crippen LogP contribution in [0.3, 0.4) is 0 Å². The van der Waals surface area contributed by atoms with Crippen molar-refractivity contribution in [3.63, 3.8) is 0 Å². The Morgan fingerprint density at radius 3 is 2.58 bits per heavy atom. The van der Waals surface area contributed by atoms with Crippen LogP contribution in [0.5, 0.6) is 0 Å². The molecular weight excluding hydrogens is 309 g/mol. The van der Waals surface area contributed by atoms with Crippen LogP contribution in [0.25, 0.3) is 0 Å². The summed E-state index contributed by atoms with van der Waals surface area (Å²) in [5.74, 6) is 0.0225. The molecule has 6 nitrogen and oxygen atoms in total. The quantitative estimate of drug-likeness (QED) is 0.921. The van der Waals surface area contributed by atoms with Crippen LogP contribution in [-0.4, -0.2) is 53.1 Å². The molecule has 0 aromatic carbocycles. The van der Waals surface area contributed by atoms with Crippen LogP contribution in [0.2, 0.25) is 0 Å². The third-order valence-electron chi connectivity index (χ3n) is 4.98. The number of nitrogens with zero attached hydrogens (tertiary/aromatic N) is 4. The summed E-state index contributed by atoms with van der Waals surface area (Å²) >= 11 is 0. The van der Waals surface area contributed by atoms with E-state index >= 15 is 0 Å². The largest absolute Gasteiger partial charge is 0.351 e. The molecule has 24 heavy (non-hydrogen) atoms. The molecule has 1 N–H and O–H groups in total. The standard InChI is InChI=1S/C17H26FN5O/c1-2-14-15(18)16(20-12-19-14)22-8-10-23(11-9-22)17(24)21-13-6-4-3-5-7-13/h12-13H,2-11H2,1H3,(H,21,24). The average Bonchev–Trinajstić information content (AvgIpc) is 2.63. The first-order valence-corrected chi connectivity index (χ1v) is 8.98. The van der Waals surface area contributed by atoms with Gasteiger partial charge in [0.15, 0.2) is 11.6 Å². The van der Waals surface area contributed by atoms with Gasteiger partial charge >= 0.3 is 6.03 Å². The summed E-state index contributed by atoms with van der Waals surface area (Å²) in [6, 6.07) is 0.328. The van der Waals surface area contributed by atoms with Crippen molar-refractivity contribution in [2.24, 2.45) is 0 Å². The van der Waals surface area contributed by atoms with Crippen LogP contribution in [0.4, 0.5) is 15.0 Å². The number of urea groups is 1. The number of aryl methyl sites for hydroxylation is 1. The van der Waals surface area contributed by atoms with E-state index in [1.807, 2.05) is 16.7 Å². The molecule has 0 unspecified atom stereocenters. The second-order valence-corrected chi connectivity index (χ2v) is 6.57. The van der Waals surface area contributed by atoms with Gasteiger partial charge in [-0.25, -0.2) is 19.2 Å². The fraction of sp³-hybridized carbons (Fsp3) is 0.706. The normalized spacial score (nSPS) is 19.4. The molecule has 0 spiro atoms. The van der Waals surface area contributed by atoms with Gasteiger partial charge in [0.2, 0.25) is 0 Å². The monoisotopic (exact) mass is 335 g/mol. The van der Waals surface area contributed by atoms with Gasteiger partial charge in [0, 0.05) is 32.2 Å². The first-order valence-electron chi connectivity index (χ1n) is 8.98. The number of carbonyl (C=O) groups excluding carboxylic acids is 1. The van der Waals surface area contributed by atoms with Gasteiger partial charge < -0.3 is 15.1 Å². The summed E-state index contributed by atoms with van der Waals surface area (Å²) in [6.45, 7) is 4.24. The molecule has 1 saturated carbocycles. The second-order valence-electron chi connectivity index (χ2n) is 6.57. The lowest BCUT2D eigenvalue weighted by molar-refractivity contribution is 0.186. The molecular formula is C17H26FN5O. The van der Waals surface area contributed by atoms with Crippen molar-refractivity contribution in [2.75, 3.05) is 31.1 Å². The van der Waals surface area contributed by atoms with Crippen molar-refractivity contribution < 1.29 is 9.18 Å². The predicted molar refractivity (Wildman–Crippen MR) is 90.6 cm³/mol. The van der Waals surface area contributed by atoms with E-state index in [2.05, 4.69) is 15.3 Å². The summed E-state index contributed by atoms with van der Waals surface area (Å²) in [4.78, 5) is 24.2. The molecule has 1 aliphatic heterocycles. The van der Waals surface area contributed by atoms with Gasteiger partial charge in [-0.3, -0.25) is 0 Å². The van der Waals surface area contributed by atoms with Crippen molar-refractivity contribution in [1.82, 2.24) is 20.2 Å². The Balaban J connectivity index is 1.54. The Morgan fingerprint density at radius 2 is 1.92 bits per heavy atom. The minimum Gasteiger partial charge on any atom is -0.351 e. The lowest BCUT2D eigenvalue weighted by Crippen LogP contribution is -2.54. The zero-order valence-corrected chi connectivity index (χ0v) is 14.3. The number of hydrogen-bond donors (Lipinski definition) is 1. The van der Waals surface area contributed by atoms with Gasteiger partial charge in [-0.15, -0.1) is 0 Å². The highest BCUT2D eigenvalue weighted by atomic mass is 19.1. The molecule has 2 aliphatic rings. The number of hydrogen-bond acceptors (Lipinski definition) is 4. The molecule has 132 valence electrons. The van der Waals surface area contributed by atoms with Crippen LogP contribution in [-0.2, 0) is 6.42 Å². The third kappa shape index (κ3) is 3.76. The van der Waals surface area contributed by atoms with Gasteiger partial charge in [-0.2, -0.15) is 0 Å². The number of halogens is 1. The second kappa shape index (κ2) is 7.77. The molecule has 0 radical (unpaired) electrons. The summed E-state index contributed by atoms with van der Waals surface area (Å²) < 4.78 is 14.4. The van der Waals surface area contributed by atoms with E-state index in [9.17, 15) is 9.18 Å². The Kier molecular flexibility index (Phi) is 5.48. The van der Waals surface area contributed by atoms with E-state index in [-0.39, 0.29) is 11.8 Å². The van der Waals surface area contributed by atoms with E-state index in [0.717, 1.165) is 12.8 Å². The number of amides is 2. The zero-order valence-electron chi connectivity index (χ0n) is 14.3. The van der Waals surface area contributed by atoms with Crippen LogP contribution in [0.15, 0.2) is 6.33 Å². The van der Waals surface area contributed by atoms with Crippen LogP contribution < -0.4 is 10.2 Å². The molecule has 0 atom stereocenters. The van der Waals surface area contributed by atoms with Crippen molar-refractivity contribution >= 4 is 11.8 Å². The van der Waals surface area contributed by atoms with E-state index in [1.54, 1.807) is 0 Å². The van der Waals surface area contributed by atoms with Gasteiger partial charge in [-0.1, -0.05) is 26.2 Å². The fourth-order valence-electron chi connectivity index (χ4n) is 3.50. The number of aromatic nitrogens is 2. The van der Waals surface area contributed by atoms with Crippen LogP contribution in [0, 0.1) is 5.82 Å². The van der Waals surface area contributed by atoms with Gasteiger partial charge in [0.05, 0.1) is 5.69 Å². The van der Waals surface area contributed by atoms with Crippen molar-refractivity contribution in [3.8, 4) is 0 Å². The summed E-state index contributed by atoms with van der Waals surface area (Å²) in [5.41, 5.74) is 0.442. The molecule has 0 bridgehead atoms. The van der Waals surface area contributed by atoms with E-state index in [4.69, 9.17) is 0 Å². The van der Waals surface area contributed by atoms with Gasteiger partial charge in [0.1, 0.15) is 6.33 Å². The molecule has 1 aliphatic carbocycles. The Labute approximate surface area is 142 Å². The number of carbonyl (C=O) groups is 1. The average molecular weight is 335 g/mol. The van der Waals surface area contributed by atoms with Crippen LogP contribution in [0.1, 0.15) is 44.7 Å². The van der Waals surface area contributed by atoms with Crippen molar-refractivity contribution in [1.29, 1.82) is 0 Å². The smallest absolute Gasteiger partial charge is 0.317 e. The first kappa shape index (κ1) is 16.9. The molecule has 2 amide bonds. The van der Waals surface area contributed by atoms with Crippen LogP contribution >= 0.6 is 0 Å². The molecule has 1 aromatic heterocycles. The lowest BCUT2D eigenvalue weighted by Gasteiger charge is -2.36. The zero-order chi connectivity index (χ0) is 16.9. The minimum absolute atomic E-state index is 0.0129. The maximum Gasteiger partial charge on any atom is 0.317 e. The molecule has 2 heterocycles. The summed E-state index contributed by atoms with van der Waals surface area (Å²) in [5, 5.41) is 3.14. The summed E-state index contributed by atoms with van der Waals surface area (Å²) in [6.07, 6.45) is 7.80. The fourth-order valence-corrected chi connectivity index (χ4v) is 3.50. The van der Waals surface area contributed by atoms with Gasteiger partial charge in [-0.05, 0) is 19.3 Å². The molecule has 3 rings (SSSR count). The maximum atomic E-state index is 14.4. The van der Waals surface area contributed by atoms with Crippen molar-refractivity contribution in [3.05, 3.63) is 17.8 Å². The van der Waals surface area contributed by atoms with E-state index < -0.39 is 0 Å². The highest BCUT2D eigenvalue weighted by molar-refractivity contribution is 5.74. The Bertz CT molecular complexity index is 568. The molecule has 7 heteroatoms. The van der Waals surface area contributed by atoms with E-state index in [0.29, 0.717) is 50.2 Å². The lowest BCUT2D eigenvalue weighted by atomic mass is 9.96. The highest BCUT2D eigenvalue weighted by Crippen LogP contribution is 2.21. The molecule has 1 aromatic rings. The maximum absolute atomic E-state index is 14.4. The highest BCUT2D eigenvalue weighted by Gasteiger charge is 2.26. The minimum atomic E-state index is -0.333.